The van der Waals surface area contributed by atoms with Gasteiger partial charge in [-0.1, -0.05) is 12.1 Å². The summed E-state index contributed by atoms with van der Waals surface area (Å²) in [4.78, 5) is 19.9. The molecule has 4 nitrogen and oxygen atoms in total. The molecule has 1 aromatic heterocycles. The van der Waals surface area contributed by atoms with Crippen LogP contribution in [-0.4, -0.2) is 29.6 Å². The van der Waals surface area contributed by atoms with E-state index in [1.807, 2.05) is 0 Å². The highest BCUT2D eigenvalue weighted by Crippen LogP contribution is 2.27. The second-order valence-corrected chi connectivity index (χ2v) is 4.96. The maximum absolute atomic E-state index is 12.8. The lowest BCUT2D eigenvalue weighted by molar-refractivity contribution is 0.1000. The lowest BCUT2D eigenvalue weighted by atomic mass is 9.92. The van der Waals surface area contributed by atoms with Crippen molar-refractivity contribution in [2.24, 2.45) is 10.7 Å². The number of benzene rings is 1. The van der Waals surface area contributed by atoms with Gasteiger partial charge >= 0.3 is 0 Å². The number of aliphatic imine (C=N–C) groups is 1. The van der Waals surface area contributed by atoms with E-state index in [0.29, 0.717) is 28.0 Å². The number of alkyl halides is 2. The van der Waals surface area contributed by atoms with Crippen molar-refractivity contribution >= 4 is 11.5 Å². The van der Waals surface area contributed by atoms with Gasteiger partial charge in [-0.05, 0) is 17.7 Å². The third-order valence-corrected chi connectivity index (χ3v) is 3.58. The molecule has 6 heteroatoms. The smallest absolute Gasteiger partial charge is 0.265 e. The average molecular weight is 301 g/mol. The van der Waals surface area contributed by atoms with Crippen molar-refractivity contribution in [1.82, 2.24) is 4.98 Å². The van der Waals surface area contributed by atoms with Gasteiger partial charge in [-0.3, -0.25) is 14.8 Å². The molecule has 0 atom stereocenters. The number of fused-ring (bicyclic) bond motifs is 1. The highest BCUT2D eigenvalue weighted by molar-refractivity contribution is 6.16. The van der Waals surface area contributed by atoms with Crippen LogP contribution in [0.5, 0.6) is 0 Å². The fourth-order valence-electron chi connectivity index (χ4n) is 2.45. The Bertz CT molecular complexity index is 772. The zero-order valence-electron chi connectivity index (χ0n) is 11.6. The molecule has 0 fully saturated rings. The Labute approximate surface area is 125 Å². The number of carbonyl (C=O) groups excluding carboxylic acids is 1. The number of Topliss-reactive ketones (excluding diaryl/α,β-unsaturated/α-hetero) is 1. The predicted octanol–water partition coefficient (Wildman–Crippen LogP) is 2.63. The van der Waals surface area contributed by atoms with Gasteiger partial charge in [-0.15, -0.1) is 0 Å². The Balaban J connectivity index is 2.09. The van der Waals surface area contributed by atoms with Crippen LogP contribution in [-0.2, 0) is 0 Å². The van der Waals surface area contributed by atoms with E-state index in [0.717, 1.165) is 6.20 Å². The van der Waals surface area contributed by atoms with E-state index in [-0.39, 0.29) is 24.4 Å². The Hall–Kier alpha value is -2.47. The molecule has 0 radical (unpaired) electrons. The van der Waals surface area contributed by atoms with E-state index in [1.165, 1.54) is 12.3 Å². The van der Waals surface area contributed by atoms with Crippen LogP contribution in [0.25, 0.3) is 11.1 Å². The summed E-state index contributed by atoms with van der Waals surface area (Å²) in [6.45, 7) is 0.320. The molecule has 2 N–H and O–H groups in total. The molecule has 0 saturated carbocycles. The average Bonchev–Trinajstić information content (AvgIpc) is 2.55. The molecule has 0 bridgehead atoms. The maximum Gasteiger partial charge on any atom is 0.265 e. The Morgan fingerprint density at radius 1 is 1.14 bits per heavy atom. The Morgan fingerprint density at radius 2 is 1.95 bits per heavy atom. The van der Waals surface area contributed by atoms with E-state index in [2.05, 4.69) is 9.98 Å². The van der Waals surface area contributed by atoms with Crippen molar-refractivity contribution in [2.45, 2.75) is 6.43 Å². The van der Waals surface area contributed by atoms with Gasteiger partial charge in [0, 0.05) is 41.2 Å². The monoisotopic (exact) mass is 301 g/mol. The van der Waals surface area contributed by atoms with Crippen molar-refractivity contribution in [3.63, 3.8) is 0 Å². The van der Waals surface area contributed by atoms with Crippen molar-refractivity contribution in [1.29, 1.82) is 0 Å². The molecule has 0 spiro atoms. The van der Waals surface area contributed by atoms with Crippen LogP contribution in [0.2, 0.25) is 0 Å². The number of nitrogens with two attached hydrogens (primary N) is 1. The molecule has 0 unspecified atom stereocenters. The number of hydrogen-bond acceptors (Lipinski definition) is 4. The number of halogens is 2. The van der Waals surface area contributed by atoms with Crippen LogP contribution >= 0.6 is 0 Å². The fraction of sp³-hybridized carbons (Fsp3) is 0.188. The third-order valence-electron chi connectivity index (χ3n) is 3.58. The van der Waals surface area contributed by atoms with E-state index in [1.54, 1.807) is 18.2 Å². The molecule has 0 amide bonds. The predicted molar refractivity (Wildman–Crippen MR) is 79.4 cm³/mol. The minimum Gasteiger partial charge on any atom is -0.325 e. The number of ketones is 1. The number of aromatic nitrogens is 1. The first kappa shape index (κ1) is 14.5. The van der Waals surface area contributed by atoms with E-state index in [9.17, 15) is 13.6 Å². The number of carbonyl (C=O) groups is 1. The van der Waals surface area contributed by atoms with Gasteiger partial charge in [-0.25, -0.2) is 8.78 Å². The van der Waals surface area contributed by atoms with Crippen LogP contribution in [0.1, 0.15) is 27.9 Å². The van der Waals surface area contributed by atoms with Gasteiger partial charge in [0.15, 0.2) is 5.78 Å². The highest BCUT2D eigenvalue weighted by Gasteiger charge is 2.20. The summed E-state index contributed by atoms with van der Waals surface area (Å²) in [6.07, 6.45) is 0.0771. The first-order valence-electron chi connectivity index (χ1n) is 6.74. The maximum atomic E-state index is 12.8. The van der Waals surface area contributed by atoms with E-state index in [4.69, 9.17) is 5.73 Å². The fourth-order valence-corrected chi connectivity index (χ4v) is 2.45. The van der Waals surface area contributed by atoms with Gasteiger partial charge in [0.25, 0.3) is 6.43 Å². The molecule has 22 heavy (non-hydrogen) atoms. The molecule has 0 aliphatic carbocycles. The molecular weight excluding hydrogens is 288 g/mol. The van der Waals surface area contributed by atoms with Gasteiger partial charge in [-0.2, -0.15) is 0 Å². The lowest BCUT2D eigenvalue weighted by Gasteiger charge is -2.16. The summed E-state index contributed by atoms with van der Waals surface area (Å²) in [6, 6.07) is 6.56. The summed E-state index contributed by atoms with van der Waals surface area (Å²) in [7, 11) is 0. The largest absolute Gasteiger partial charge is 0.325 e. The van der Waals surface area contributed by atoms with Gasteiger partial charge < -0.3 is 5.73 Å². The van der Waals surface area contributed by atoms with Crippen molar-refractivity contribution in [2.75, 3.05) is 13.1 Å². The Morgan fingerprint density at radius 3 is 2.68 bits per heavy atom. The third kappa shape index (κ3) is 2.53. The highest BCUT2D eigenvalue weighted by atomic mass is 19.3. The molecule has 2 aromatic rings. The molecule has 2 heterocycles. The summed E-state index contributed by atoms with van der Waals surface area (Å²) in [5.41, 5.74) is 8.67. The standard InChI is InChI=1S/C16H13F2N3O/c17-16(18)11-3-10(6-20-7-11)9-1-2-12-13(4-9)14(5-19)21-8-15(12)22/h1-4,6-7,16H,5,8,19H2. The second-order valence-electron chi connectivity index (χ2n) is 4.96. The van der Waals surface area contributed by atoms with E-state index < -0.39 is 6.43 Å². The van der Waals surface area contributed by atoms with Crippen LogP contribution in [0.3, 0.4) is 0 Å². The molecule has 1 aliphatic rings. The molecule has 1 aliphatic heterocycles. The summed E-state index contributed by atoms with van der Waals surface area (Å²) in [5, 5.41) is 0. The number of pyridine rings is 1. The quantitative estimate of drug-likeness (QED) is 0.947. The van der Waals surface area contributed by atoms with Crippen molar-refractivity contribution in [3.8, 4) is 11.1 Å². The number of nitrogens with zero attached hydrogens (tertiary/aromatic N) is 2. The number of hydrogen-bond donors (Lipinski definition) is 1. The van der Waals surface area contributed by atoms with Crippen LogP contribution in [0.15, 0.2) is 41.7 Å². The zero-order chi connectivity index (χ0) is 15.7. The van der Waals surface area contributed by atoms with Crippen LogP contribution in [0, 0.1) is 0 Å². The topological polar surface area (TPSA) is 68.3 Å². The molecule has 0 saturated heterocycles. The Kier molecular flexibility index (Phi) is 3.77. The van der Waals surface area contributed by atoms with Crippen LogP contribution in [0.4, 0.5) is 8.78 Å². The van der Waals surface area contributed by atoms with E-state index >= 15 is 0 Å². The van der Waals surface area contributed by atoms with Gasteiger partial charge in [0.1, 0.15) is 6.54 Å². The first-order chi connectivity index (χ1) is 10.6. The minimum absolute atomic E-state index is 0.0711. The number of rotatable bonds is 3. The normalized spacial score (nSPS) is 14.0. The molecule has 1 aromatic carbocycles. The summed E-state index contributed by atoms with van der Waals surface area (Å²) in [5.74, 6) is -0.0711. The molecule has 112 valence electrons. The second kappa shape index (κ2) is 5.73. The summed E-state index contributed by atoms with van der Waals surface area (Å²) >= 11 is 0. The molecule has 3 rings (SSSR count). The van der Waals surface area contributed by atoms with Gasteiger partial charge in [0.05, 0.1) is 5.71 Å². The van der Waals surface area contributed by atoms with Crippen molar-refractivity contribution in [3.05, 3.63) is 53.3 Å². The summed E-state index contributed by atoms with van der Waals surface area (Å²) < 4.78 is 25.6. The lowest BCUT2D eigenvalue weighted by Crippen LogP contribution is -2.24. The SMILES string of the molecule is NCC1=NCC(=O)c2ccc(-c3cncc(C(F)F)c3)cc21. The zero-order valence-corrected chi connectivity index (χ0v) is 11.6. The van der Waals surface area contributed by atoms with Gasteiger partial charge in [0.2, 0.25) is 0 Å². The minimum atomic E-state index is -2.58. The molecular formula is C16H13F2N3O. The van der Waals surface area contributed by atoms with Crippen LogP contribution < -0.4 is 5.73 Å². The first-order valence-corrected chi connectivity index (χ1v) is 6.74. The van der Waals surface area contributed by atoms with Crippen molar-refractivity contribution < 1.29 is 13.6 Å².